The van der Waals surface area contributed by atoms with E-state index >= 15 is 0 Å². The first kappa shape index (κ1) is 20.8. The van der Waals surface area contributed by atoms with Gasteiger partial charge in [0.2, 0.25) is 0 Å². The van der Waals surface area contributed by atoms with E-state index in [1.165, 1.54) is 12.1 Å². The van der Waals surface area contributed by atoms with E-state index in [0.29, 0.717) is 12.1 Å². The molecule has 1 unspecified atom stereocenters. The molecule has 1 aromatic heterocycles. The quantitative estimate of drug-likeness (QED) is 0.468. The molecular weight excluding hydrogens is 385 g/mol. The summed E-state index contributed by atoms with van der Waals surface area (Å²) in [6, 6.07) is 13.7. The zero-order chi connectivity index (χ0) is 21.5. The Morgan fingerprint density at radius 2 is 1.90 bits per heavy atom. The molecule has 0 bridgehead atoms. The van der Waals surface area contributed by atoms with Gasteiger partial charge in [0.25, 0.3) is 5.91 Å². The van der Waals surface area contributed by atoms with Crippen molar-refractivity contribution in [2.24, 2.45) is 0 Å². The zero-order valence-electron chi connectivity index (χ0n) is 16.4. The maximum atomic E-state index is 13.3. The molecule has 0 saturated carbocycles. The molecule has 2 aromatic carbocycles. The first-order valence-electron chi connectivity index (χ1n) is 9.32. The number of rotatable bonds is 6. The van der Waals surface area contributed by atoms with Crippen molar-refractivity contribution in [2.45, 2.75) is 19.5 Å². The van der Waals surface area contributed by atoms with Crippen LogP contribution >= 0.6 is 0 Å². The first-order chi connectivity index (χ1) is 14.4. The third-order valence-corrected chi connectivity index (χ3v) is 4.46. The molecule has 1 atom stereocenters. The van der Waals surface area contributed by atoms with Crippen LogP contribution in [0.25, 0.3) is 0 Å². The summed E-state index contributed by atoms with van der Waals surface area (Å²) in [6.07, 6.45) is 3.37. The van der Waals surface area contributed by atoms with Gasteiger partial charge in [0.1, 0.15) is 5.82 Å². The SMILES string of the molecule is CC(NC(=O)NCc1ccc(C(=O)Nc2cc(F)ccc2N)cc1)c1cccnc1. The number of carbonyl (C=O) groups is 2. The summed E-state index contributed by atoms with van der Waals surface area (Å²) in [5.74, 6) is -0.896. The second-order valence-corrected chi connectivity index (χ2v) is 6.72. The molecule has 0 aliphatic rings. The van der Waals surface area contributed by atoms with Crippen LogP contribution in [0, 0.1) is 5.82 Å². The van der Waals surface area contributed by atoms with E-state index in [0.717, 1.165) is 17.2 Å². The number of pyridine rings is 1. The van der Waals surface area contributed by atoms with Gasteiger partial charge in [-0.15, -0.1) is 0 Å². The lowest BCUT2D eigenvalue weighted by Gasteiger charge is -2.14. The molecule has 154 valence electrons. The molecular formula is C22H22FN5O2. The third-order valence-electron chi connectivity index (χ3n) is 4.46. The molecule has 30 heavy (non-hydrogen) atoms. The lowest BCUT2D eigenvalue weighted by Crippen LogP contribution is -2.36. The molecule has 8 heteroatoms. The summed E-state index contributed by atoms with van der Waals surface area (Å²) in [6.45, 7) is 2.17. The van der Waals surface area contributed by atoms with E-state index in [1.54, 1.807) is 36.7 Å². The number of amides is 3. The summed E-state index contributed by atoms with van der Waals surface area (Å²) < 4.78 is 13.3. The van der Waals surface area contributed by atoms with Gasteiger partial charge >= 0.3 is 6.03 Å². The minimum atomic E-state index is -0.489. The van der Waals surface area contributed by atoms with Crippen molar-refractivity contribution < 1.29 is 14.0 Å². The van der Waals surface area contributed by atoms with Gasteiger partial charge in [-0.05, 0) is 54.4 Å². The minimum Gasteiger partial charge on any atom is -0.397 e. The Morgan fingerprint density at radius 3 is 2.60 bits per heavy atom. The standard InChI is InChI=1S/C22H22FN5O2/c1-14(17-3-2-10-25-13-17)27-22(30)26-12-15-4-6-16(7-5-15)21(29)28-20-11-18(23)8-9-19(20)24/h2-11,13-14H,12,24H2,1H3,(H,28,29)(H2,26,27,30). The normalized spacial score (nSPS) is 11.4. The highest BCUT2D eigenvalue weighted by molar-refractivity contribution is 6.05. The van der Waals surface area contributed by atoms with E-state index < -0.39 is 11.7 Å². The Kier molecular flexibility index (Phi) is 6.59. The third kappa shape index (κ3) is 5.54. The zero-order valence-corrected chi connectivity index (χ0v) is 16.4. The summed E-state index contributed by atoms with van der Waals surface area (Å²) in [7, 11) is 0. The van der Waals surface area contributed by atoms with Crippen LogP contribution in [0.3, 0.4) is 0 Å². The maximum Gasteiger partial charge on any atom is 0.315 e. The average Bonchev–Trinajstić information content (AvgIpc) is 2.75. The second kappa shape index (κ2) is 9.51. The lowest BCUT2D eigenvalue weighted by molar-refractivity contribution is 0.102. The van der Waals surface area contributed by atoms with Crippen molar-refractivity contribution in [3.8, 4) is 0 Å². The van der Waals surface area contributed by atoms with Gasteiger partial charge in [0.15, 0.2) is 0 Å². The van der Waals surface area contributed by atoms with Gasteiger partial charge < -0.3 is 21.7 Å². The van der Waals surface area contributed by atoms with Crippen molar-refractivity contribution in [1.82, 2.24) is 15.6 Å². The summed E-state index contributed by atoms with van der Waals surface area (Å²) in [4.78, 5) is 28.5. The van der Waals surface area contributed by atoms with Gasteiger partial charge in [0, 0.05) is 24.5 Å². The number of nitrogen functional groups attached to an aromatic ring is 1. The first-order valence-corrected chi connectivity index (χ1v) is 9.32. The fourth-order valence-electron chi connectivity index (χ4n) is 2.75. The van der Waals surface area contributed by atoms with Gasteiger partial charge in [-0.2, -0.15) is 0 Å². The molecule has 0 radical (unpaired) electrons. The van der Waals surface area contributed by atoms with Crippen LogP contribution in [0.2, 0.25) is 0 Å². The topological polar surface area (TPSA) is 109 Å². The number of nitrogens with zero attached hydrogens (tertiary/aromatic N) is 1. The van der Waals surface area contributed by atoms with Crippen LogP contribution in [0.5, 0.6) is 0 Å². The van der Waals surface area contributed by atoms with Crippen LogP contribution in [0.1, 0.15) is 34.5 Å². The molecule has 0 aliphatic heterocycles. The van der Waals surface area contributed by atoms with Crippen LogP contribution in [-0.4, -0.2) is 16.9 Å². The molecule has 0 saturated heterocycles. The monoisotopic (exact) mass is 407 g/mol. The molecule has 3 rings (SSSR count). The number of benzene rings is 2. The molecule has 1 heterocycles. The van der Waals surface area contributed by atoms with Crippen molar-refractivity contribution in [2.75, 3.05) is 11.1 Å². The average molecular weight is 407 g/mol. The summed E-state index contributed by atoms with van der Waals surface area (Å²) >= 11 is 0. The molecule has 0 spiro atoms. The van der Waals surface area contributed by atoms with Gasteiger partial charge in [-0.25, -0.2) is 9.18 Å². The predicted molar refractivity (Wildman–Crippen MR) is 113 cm³/mol. The van der Waals surface area contributed by atoms with Crippen LogP contribution in [0.4, 0.5) is 20.6 Å². The number of aromatic nitrogens is 1. The Hall–Kier alpha value is -3.94. The number of urea groups is 1. The molecule has 0 aliphatic carbocycles. The van der Waals surface area contributed by atoms with E-state index in [1.807, 2.05) is 19.1 Å². The predicted octanol–water partition coefficient (Wildman–Crippen LogP) is 3.62. The summed E-state index contributed by atoms with van der Waals surface area (Å²) in [5.41, 5.74) is 8.35. The van der Waals surface area contributed by atoms with E-state index in [4.69, 9.17) is 5.73 Å². The number of hydrogen-bond donors (Lipinski definition) is 4. The fraction of sp³-hybridized carbons (Fsp3) is 0.136. The lowest BCUT2D eigenvalue weighted by atomic mass is 10.1. The molecule has 7 nitrogen and oxygen atoms in total. The molecule has 3 aromatic rings. The number of hydrogen-bond acceptors (Lipinski definition) is 4. The minimum absolute atomic E-state index is 0.181. The van der Waals surface area contributed by atoms with Gasteiger partial charge in [0.05, 0.1) is 17.4 Å². The highest BCUT2D eigenvalue weighted by Gasteiger charge is 2.11. The number of nitrogens with two attached hydrogens (primary N) is 1. The number of halogens is 1. The van der Waals surface area contributed by atoms with Crippen molar-refractivity contribution >= 4 is 23.3 Å². The van der Waals surface area contributed by atoms with Crippen molar-refractivity contribution in [1.29, 1.82) is 0 Å². The second-order valence-electron chi connectivity index (χ2n) is 6.72. The Labute approximate surface area is 173 Å². The van der Waals surface area contributed by atoms with Crippen LogP contribution < -0.4 is 21.7 Å². The Bertz CT molecular complexity index is 1030. The van der Waals surface area contributed by atoms with Gasteiger partial charge in [-0.3, -0.25) is 9.78 Å². The van der Waals surface area contributed by atoms with E-state index in [9.17, 15) is 14.0 Å². The summed E-state index contributed by atoms with van der Waals surface area (Å²) in [5, 5.41) is 8.19. The number of anilines is 2. The van der Waals surface area contributed by atoms with Crippen LogP contribution in [0.15, 0.2) is 67.0 Å². The highest BCUT2D eigenvalue weighted by Crippen LogP contribution is 2.20. The molecule has 3 amide bonds. The molecule has 5 N–H and O–H groups in total. The largest absolute Gasteiger partial charge is 0.397 e. The number of carbonyl (C=O) groups excluding carboxylic acids is 2. The van der Waals surface area contributed by atoms with Crippen molar-refractivity contribution in [3.05, 3.63) is 89.5 Å². The Balaban J connectivity index is 1.52. The van der Waals surface area contributed by atoms with E-state index in [2.05, 4.69) is 20.9 Å². The Morgan fingerprint density at radius 1 is 1.13 bits per heavy atom. The molecule has 0 fully saturated rings. The van der Waals surface area contributed by atoms with Crippen LogP contribution in [-0.2, 0) is 6.54 Å². The van der Waals surface area contributed by atoms with Crippen molar-refractivity contribution in [3.63, 3.8) is 0 Å². The maximum absolute atomic E-state index is 13.3. The van der Waals surface area contributed by atoms with E-state index in [-0.39, 0.29) is 23.4 Å². The van der Waals surface area contributed by atoms with Gasteiger partial charge in [-0.1, -0.05) is 18.2 Å². The fourth-order valence-corrected chi connectivity index (χ4v) is 2.75. The smallest absolute Gasteiger partial charge is 0.315 e. The highest BCUT2D eigenvalue weighted by atomic mass is 19.1. The number of nitrogens with one attached hydrogen (secondary N) is 3.